The predicted molar refractivity (Wildman–Crippen MR) is 130 cm³/mol. The van der Waals surface area contributed by atoms with Crippen molar-refractivity contribution in [2.45, 2.75) is 39.0 Å². The Kier molecular flexibility index (Phi) is 9.16. The van der Waals surface area contributed by atoms with Crippen LogP contribution < -0.4 is 15.5 Å². The summed E-state index contributed by atoms with van der Waals surface area (Å²) in [5.74, 6) is 0.382. The topological polar surface area (TPSA) is 78.4 Å². The number of aliphatic imine (C=N–C) groups is 1. The Morgan fingerprint density at radius 2 is 1.97 bits per heavy atom. The number of guanidine groups is 1. The molecule has 2 fully saturated rings. The van der Waals surface area contributed by atoms with Crippen molar-refractivity contribution in [3.63, 3.8) is 0 Å². The molecule has 0 bridgehead atoms. The standard InChI is InChI=1S/C21H32FN5O3.HI/c1-21(2,3)30-20(28)27-13-16(14-27)25-19(23-4)24-12-15-5-6-18(17(22)11-15)26-7-9-29-10-8-26;/h5-6,11,16H,7-10,12-14H2,1-4H3,(H2,23,24,25);1H. The number of rotatable bonds is 4. The summed E-state index contributed by atoms with van der Waals surface area (Å²) >= 11 is 0. The van der Waals surface area contributed by atoms with E-state index in [2.05, 4.69) is 15.6 Å². The molecule has 1 aromatic rings. The van der Waals surface area contributed by atoms with Gasteiger partial charge in [0, 0.05) is 39.8 Å². The van der Waals surface area contributed by atoms with Crippen LogP contribution in [0.4, 0.5) is 14.9 Å². The van der Waals surface area contributed by atoms with E-state index in [4.69, 9.17) is 9.47 Å². The first-order chi connectivity index (χ1) is 14.2. The molecule has 0 atom stereocenters. The number of benzene rings is 1. The van der Waals surface area contributed by atoms with Crippen LogP contribution in [0.15, 0.2) is 23.2 Å². The lowest BCUT2D eigenvalue weighted by atomic mass is 10.1. The van der Waals surface area contributed by atoms with E-state index in [1.165, 1.54) is 0 Å². The maximum absolute atomic E-state index is 14.5. The quantitative estimate of drug-likeness (QED) is 0.342. The number of hydrogen-bond acceptors (Lipinski definition) is 5. The van der Waals surface area contributed by atoms with E-state index in [1.807, 2.05) is 37.8 Å². The third kappa shape index (κ3) is 7.37. The molecule has 2 N–H and O–H groups in total. The highest BCUT2D eigenvalue weighted by Gasteiger charge is 2.34. The average molecular weight is 549 g/mol. The van der Waals surface area contributed by atoms with Crippen LogP contribution in [0.5, 0.6) is 0 Å². The fourth-order valence-electron chi connectivity index (χ4n) is 3.34. The van der Waals surface area contributed by atoms with Gasteiger partial charge in [0.05, 0.1) is 24.9 Å². The molecule has 0 radical (unpaired) electrons. The van der Waals surface area contributed by atoms with Crippen molar-refractivity contribution < 1.29 is 18.7 Å². The van der Waals surface area contributed by atoms with Crippen LogP contribution in [0, 0.1) is 5.82 Å². The molecule has 174 valence electrons. The molecule has 1 aromatic carbocycles. The Morgan fingerprint density at radius 3 is 2.55 bits per heavy atom. The van der Waals surface area contributed by atoms with E-state index >= 15 is 0 Å². The molecule has 10 heteroatoms. The molecule has 0 aromatic heterocycles. The summed E-state index contributed by atoms with van der Waals surface area (Å²) in [6, 6.07) is 5.39. The second kappa shape index (κ2) is 11.2. The Morgan fingerprint density at radius 1 is 1.29 bits per heavy atom. The molecule has 0 saturated carbocycles. The van der Waals surface area contributed by atoms with Crippen molar-refractivity contribution >= 4 is 41.7 Å². The predicted octanol–water partition coefficient (Wildman–Crippen LogP) is 2.56. The van der Waals surface area contributed by atoms with Gasteiger partial charge in [0.15, 0.2) is 5.96 Å². The van der Waals surface area contributed by atoms with E-state index in [0.29, 0.717) is 57.6 Å². The lowest BCUT2D eigenvalue weighted by Gasteiger charge is -2.40. The molecule has 31 heavy (non-hydrogen) atoms. The van der Waals surface area contributed by atoms with Gasteiger partial charge in [-0.1, -0.05) is 6.07 Å². The van der Waals surface area contributed by atoms with E-state index in [0.717, 1.165) is 5.56 Å². The Bertz CT molecular complexity index is 775. The smallest absolute Gasteiger partial charge is 0.410 e. The summed E-state index contributed by atoms with van der Waals surface area (Å²) in [6.07, 6.45) is -0.306. The van der Waals surface area contributed by atoms with E-state index in [9.17, 15) is 9.18 Å². The lowest BCUT2D eigenvalue weighted by Crippen LogP contribution is -2.63. The van der Waals surface area contributed by atoms with Gasteiger partial charge in [-0.05, 0) is 38.5 Å². The number of nitrogens with one attached hydrogen (secondary N) is 2. The first-order valence-electron chi connectivity index (χ1n) is 10.3. The zero-order valence-electron chi connectivity index (χ0n) is 18.6. The molecule has 2 saturated heterocycles. The largest absolute Gasteiger partial charge is 0.444 e. The van der Waals surface area contributed by atoms with Crippen molar-refractivity contribution in [1.29, 1.82) is 0 Å². The average Bonchev–Trinajstić information content (AvgIpc) is 2.66. The summed E-state index contributed by atoms with van der Waals surface area (Å²) in [5.41, 5.74) is 0.942. The van der Waals surface area contributed by atoms with Crippen LogP contribution >= 0.6 is 24.0 Å². The Balaban J connectivity index is 0.00000341. The highest BCUT2D eigenvalue weighted by atomic mass is 127. The number of anilines is 1. The van der Waals surface area contributed by atoms with Gasteiger partial charge in [-0.15, -0.1) is 24.0 Å². The summed E-state index contributed by atoms with van der Waals surface area (Å²) in [5, 5.41) is 6.47. The fourth-order valence-corrected chi connectivity index (χ4v) is 3.34. The van der Waals surface area contributed by atoms with Crippen LogP contribution in [0.25, 0.3) is 0 Å². The van der Waals surface area contributed by atoms with Gasteiger partial charge in [-0.3, -0.25) is 4.99 Å². The van der Waals surface area contributed by atoms with Gasteiger partial charge >= 0.3 is 6.09 Å². The zero-order chi connectivity index (χ0) is 21.7. The molecule has 1 amide bonds. The number of amides is 1. The first-order valence-corrected chi connectivity index (χ1v) is 10.3. The van der Waals surface area contributed by atoms with Crippen molar-refractivity contribution in [2.75, 3.05) is 51.3 Å². The number of nitrogens with zero attached hydrogens (tertiary/aromatic N) is 3. The Labute approximate surface area is 200 Å². The van der Waals surface area contributed by atoms with Gasteiger partial charge in [0.1, 0.15) is 11.4 Å². The van der Waals surface area contributed by atoms with E-state index in [-0.39, 0.29) is 41.9 Å². The monoisotopic (exact) mass is 549 g/mol. The third-order valence-corrected chi connectivity index (χ3v) is 4.92. The molecular weight excluding hydrogens is 516 g/mol. The number of morpholine rings is 1. The van der Waals surface area contributed by atoms with Gasteiger partial charge in [-0.25, -0.2) is 9.18 Å². The van der Waals surface area contributed by atoms with E-state index in [1.54, 1.807) is 18.0 Å². The summed E-state index contributed by atoms with van der Waals surface area (Å²) in [4.78, 5) is 19.9. The number of carbonyl (C=O) groups is 1. The van der Waals surface area contributed by atoms with Gasteiger partial charge < -0.3 is 29.9 Å². The van der Waals surface area contributed by atoms with Gasteiger partial charge in [-0.2, -0.15) is 0 Å². The summed E-state index contributed by atoms with van der Waals surface area (Å²) in [6.45, 7) is 9.75. The van der Waals surface area contributed by atoms with Gasteiger partial charge in [0.25, 0.3) is 0 Å². The first kappa shape index (κ1) is 25.4. The minimum absolute atomic E-state index is 0. The summed E-state index contributed by atoms with van der Waals surface area (Å²) < 4.78 is 25.2. The second-order valence-corrected chi connectivity index (χ2v) is 8.54. The second-order valence-electron chi connectivity index (χ2n) is 8.54. The normalized spacial score (nSPS) is 17.5. The van der Waals surface area contributed by atoms with Crippen LogP contribution in [-0.2, 0) is 16.0 Å². The van der Waals surface area contributed by atoms with Crippen LogP contribution in [0.1, 0.15) is 26.3 Å². The minimum Gasteiger partial charge on any atom is -0.444 e. The number of carbonyl (C=O) groups excluding carboxylic acids is 1. The van der Waals surface area contributed by atoms with Crippen molar-refractivity contribution in [2.24, 2.45) is 4.99 Å². The number of hydrogen-bond donors (Lipinski definition) is 2. The SMILES string of the molecule is CN=C(NCc1ccc(N2CCOCC2)c(F)c1)NC1CN(C(=O)OC(C)(C)C)C1.I. The maximum Gasteiger partial charge on any atom is 0.410 e. The lowest BCUT2D eigenvalue weighted by molar-refractivity contribution is 0.00701. The molecule has 0 aliphatic carbocycles. The van der Waals surface area contributed by atoms with Crippen molar-refractivity contribution in [3.05, 3.63) is 29.6 Å². The number of likely N-dealkylation sites (tertiary alicyclic amines) is 1. The van der Waals surface area contributed by atoms with Crippen LogP contribution in [0.3, 0.4) is 0 Å². The Hall–Kier alpha value is -1.82. The maximum atomic E-state index is 14.5. The molecule has 2 aliphatic heterocycles. The zero-order valence-corrected chi connectivity index (χ0v) is 20.9. The summed E-state index contributed by atoms with van der Waals surface area (Å²) in [7, 11) is 1.68. The van der Waals surface area contributed by atoms with E-state index < -0.39 is 5.60 Å². The van der Waals surface area contributed by atoms with Gasteiger partial charge in [0.2, 0.25) is 0 Å². The molecular formula is C21H33FIN5O3. The van der Waals surface area contributed by atoms with Crippen molar-refractivity contribution in [1.82, 2.24) is 15.5 Å². The number of halogens is 2. The van der Waals surface area contributed by atoms with Crippen LogP contribution in [-0.4, -0.2) is 75.0 Å². The highest BCUT2D eigenvalue weighted by Crippen LogP contribution is 2.21. The molecule has 2 aliphatic rings. The molecule has 3 rings (SSSR count). The fraction of sp³-hybridized carbons (Fsp3) is 0.619. The number of ether oxygens (including phenoxy) is 2. The van der Waals surface area contributed by atoms with Crippen molar-refractivity contribution in [3.8, 4) is 0 Å². The minimum atomic E-state index is -0.500. The highest BCUT2D eigenvalue weighted by molar-refractivity contribution is 14.0. The molecule has 0 spiro atoms. The molecule has 8 nitrogen and oxygen atoms in total. The molecule has 0 unspecified atom stereocenters. The third-order valence-electron chi connectivity index (χ3n) is 4.92. The van der Waals surface area contributed by atoms with Crippen LogP contribution in [0.2, 0.25) is 0 Å². The molecule has 2 heterocycles.